The lowest BCUT2D eigenvalue weighted by atomic mass is 9.79. The fourth-order valence-electron chi connectivity index (χ4n) is 3.11. The van der Waals surface area contributed by atoms with Crippen molar-refractivity contribution in [2.24, 2.45) is 17.3 Å². The lowest BCUT2D eigenvalue weighted by Gasteiger charge is -2.26. The number of fused-ring (bicyclic) bond motifs is 1. The van der Waals surface area contributed by atoms with Crippen LogP contribution in [0.25, 0.3) is 0 Å². The SMILES string of the molecule is CCCC1=CC2C(C)C12CC. The van der Waals surface area contributed by atoms with Crippen LogP contribution in [0.5, 0.6) is 0 Å². The van der Waals surface area contributed by atoms with Gasteiger partial charge < -0.3 is 0 Å². The summed E-state index contributed by atoms with van der Waals surface area (Å²) in [5.41, 5.74) is 2.50. The molecule has 0 nitrogen and oxygen atoms in total. The van der Waals surface area contributed by atoms with E-state index in [0.29, 0.717) is 0 Å². The van der Waals surface area contributed by atoms with Gasteiger partial charge in [-0.2, -0.15) is 0 Å². The third kappa shape index (κ3) is 0.660. The molecule has 62 valence electrons. The molecule has 11 heavy (non-hydrogen) atoms. The fourth-order valence-corrected chi connectivity index (χ4v) is 3.11. The lowest BCUT2D eigenvalue weighted by Crippen LogP contribution is -2.14. The lowest BCUT2D eigenvalue weighted by molar-refractivity contribution is 0.460. The molecule has 0 bridgehead atoms. The Balaban J connectivity index is 2.07. The largest absolute Gasteiger partial charge is 0.0804 e. The van der Waals surface area contributed by atoms with Gasteiger partial charge >= 0.3 is 0 Å². The Morgan fingerprint density at radius 3 is 2.55 bits per heavy atom. The maximum Gasteiger partial charge on any atom is 0.000658 e. The van der Waals surface area contributed by atoms with Gasteiger partial charge in [0.1, 0.15) is 0 Å². The van der Waals surface area contributed by atoms with E-state index in [9.17, 15) is 0 Å². The van der Waals surface area contributed by atoms with Crippen LogP contribution in [0.15, 0.2) is 11.6 Å². The summed E-state index contributed by atoms with van der Waals surface area (Å²) in [6.07, 6.45) is 6.59. The van der Waals surface area contributed by atoms with Gasteiger partial charge in [-0.3, -0.25) is 0 Å². The van der Waals surface area contributed by atoms with E-state index in [1.807, 2.05) is 0 Å². The zero-order valence-corrected chi connectivity index (χ0v) is 7.85. The third-order valence-electron chi connectivity index (χ3n) is 3.92. The Labute approximate surface area is 69.7 Å². The molecule has 2 aliphatic carbocycles. The van der Waals surface area contributed by atoms with E-state index in [0.717, 1.165) is 17.3 Å². The third-order valence-corrected chi connectivity index (χ3v) is 3.92. The van der Waals surface area contributed by atoms with Gasteiger partial charge in [0.15, 0.2) is 0 Å². The number of hydrogen-bond donors (Lipinski definition) is 0. The van der Waals surface area contributed by atoms with Gasteiger partial charge in [-0.25, -0.2) is 0 Å². The van der Waals surface area contributed by atoms with E-state index in [-0.39, 0.29) is 0 Å². The summed E-state index contributed by atoms with van der Waals surface area (Å²) in [6, 6.07) is 0. The molecule has 2 aliphatic rings. The van der Waals surface area contributed by atoms with Crippen LogP contribution < -0.4 is 0 Å². The first-order chi connectivity index (χ1) is 5.27. The molecular formula is C11H18. The summed E-state index contributed by atoms with van der Waals surface area (Å²) in [5.74, 6) is 1.96. The molecule has 0 saturated heterocycles. The van der Waals surface area contributed by atoms with E-state index in [4.69, 9.17) is 0 Å². The second-order valence-corrected chi connectivity index (χ2v) is 4.15. The van der Waals surface area contributed by atoms with Crippen molar-refractivity contribution < 1.29 is 0 Å². The van der Waals surface area contributed by atoms with Crippen LogP contribution in [-0.4, -0.2) is 0 Å². The zero-order valence-electron chi connectivity index (χ0n) is 7.85. The van der Waals surface area contributed by atoms with Gasteiger partial charge in [-0.05, 0) is 24.7 Å². The minimum Gasteiger partial charge on any atom is -0.0804 e. The highest BCUT2D eigenvalue weighted by atomic mass is 14.7. The Bertz CT molecular complexity index is 202. The molecule has 3 unspecified atom stereocenters. The second-order valence-electron chi connectivity index (χ2n) is 4.15. The van der Waals surface area contributed by atoms with E-state index >= 15 is 0 Å². The van der Waals surface area contributed by atoms with E-state index < -0.39 is 0 Å². The minimum absolute atomic E-state index is 0.718. The van der Waals surface area contributed by atoms with Gasteiger partial charge in [0.2, 0.25) is 0 Å². The molecule has 0 aromatic rings. The van der Waals surface area contributed by atoms with Gasteiger partial charge in [-0.15, -0.1) is 0 Å². The highest BCUT2D eigenvalue weighted by Gasteiger charge is 2.66. The molecule has 0 aliphatic heterocycles. The van der Waals surface area contributed by atoms with Crippen molar-refractivity contribution in [1.82, 2.24) is 0 Å². The Hall–Kier alpha value is -0.260. The summed E-state index contributed by atoms with van der Waals surface area (Å²) in [5, 5.41) is 0. The molecule has 3 atom stereocenters. The first-order valence-corrected chi connectivity index (χ1v) is 4.98. The van der Waals surface area contributed by atoms with Gasteiger partial charge in [0.25, 0.3) is 0 Å². The number of allylic oxidation sites excluding steroid dienone is 2. The molecule has 0 aromatic carbocycles. The topological polar surface area (TPSA) is 0 Å². The van der Waals surface area contributed by atoms with Crippen molar-refractivity contribution in [2.75, 3.05) is 0 Å². The minimum atomic E-state index is 0.718. The normalized spacial score (nSPS) is 45.9. The number of hydrogen-bond acceptors (Lipinski definition) is 0. The van der Waals surface area contributed by atoms with Gasteiger partial charge in [0, 0.05) is 5.41 Å². The Morgan fingerprint density at radius 2 is 2.18 bits per heavy atom. The van der Waals surface area contributed by atoms with E-state index in [1.54, 1.807) is 5.57 Å². The first-order valence-electron chi connectivity index (χ1n) is 4.98. The van der Waals surface area contributed by atoms with Crippen molar-refractivity contribution in [2.45, 2.75) is 40.0 Å². The molecule has 0 heteroatoms. The molecular weight excluding hydrogens is 132 g/mol. The van der Waals surface area contributed by atoms with Gasteiger partial charge in [-0.1, -0.05) is 38.8 Å². The first kappa shape index (κ1) is 7.39. The molecule has 1 saturated carbocycles. The standard InChI is InChI=1S/C11H18/c1-4-6-9-7-10-8(3)11(9,10)5-2/h7-8,10H,4-6H2,1-3H3. The molecule has 1 fully saturated rings. The average molecular weight is 150 g/mol. The van der Waals surface area contributed by atoms with Crippen LogP contribution in [0.4, 0.5) is 0 Å². The fraction of sp³-hybridized carbons (Fsp3) is 0.818. The predicted molar refractivity (Wildman–Crippen MR) is 48.4 cm³/mol. The highest BCUT2D eigenvalue weighted by Crippen LogP contribution is 2.73. The summed E-state index contributed by atoms with van der Waals surface area (Å²) in [6.45, 7) is 7.04. The second kappa shape index (κ2) is 2.12. The molecule has 0 spiro atoms. The van der Waals surface area contributed by atoms with Crippen LogP contribution in [0.1, 0.15) is 40.0 Å². The summed E-state index contributed by atoms with van der Waals surface area (Å²) >= 11 is 0. The maximum absolute atomic E-state index is 2.53. The van der Waals surface area contributed by atoms with Crippen LogP contribution in [0, 0.1) is 17.3 Å². The molecule has 0 amide bonds. The van der Waals surface area contributed by atoms with Crippen molar-refractivity contribution in [3.63, 3.8) is 0 Å². The maximum atomic E-state index is 2.53. The smallest absolute Gasteiger partial charge is 0.000658 e. The summed E-state index contributed by atoms with van der Waals surface area (Å²) in [7, 11) is 0. The van der Waals surface area contributed by atoms with Crippen molar-refractivity contribution in [3.05, 3.63) is 11.6 Å². The Morgan fingerprint density at radius 1 is 1.45 bits per heavy atom. The van der Waals surface area contributed by atoms with Crippen LogP contribution >= 0.6 is 0 Å². The quantitative estimate of drug-likeness (QED) is 0.541. The van der Waals surface area contributed by atoms with Crippen LogP contribution in [0.3, 0.4) is 0 Å². The molecule has 0 N–H and O–H groups in total. The summed E-state index contributed by atoms with van der Waals surface area (Å²) < 4.78 is 0. The average Bonchev–Trinajstić information content (AvgIpc) is 2.44. The molecule has 0 heterocycles. The van der Waals surface area contributed by atoms with E-state index in [1.165, 1.54) is 19.3 Å². The Kier molecular flexibility index (Phi) is 1.42. The van der Waals surface area contributed by atoms with Crippen LogP contribution in [0.2, 0.25) is 0 Å². The molecule has 2 rings (SSSR count). The molecule has 0 radical (unpaired) electrons. The monoisotopic (exact) mass is 150 g/mol. The van der Waals surface area contributed by atoms with E-state index in [2.05, 4.69) is 26.8 Å². The zero-order chi connectivity index (χ0) is 8.06. The van der Waals surface area contributed by atoms with Crippen molar-refractivity contribution >= 4 is 0 Å². The van der Waals surface area contributed by atoms with Crippen molar-refractivity contribution in [1.29, 1.82) is 0 Å². The van der Waals surface area contributed by atoms with Crippen LogP contribution in [-0.2, 0) is 0 Å². The highest BCUT2D eigenvalue weighted by molar-refractivity contribution is 5.42. The van der Waals surface area contributed by atoms with Crippen molar-refractivity contribution in [3.8, 4) is 0 Å². The molecule has 0 aromatic heterocycles. The number of rotatable bonds is 3. The predicted octanol–water partition coefficient (Wildman–Crippen LogP) is 3.39. The van der Waals surface area contributed by atoms with Gasteiger partial charge in [0.05, 0.1) is 0 Å². The summed E-state index contributed by atoms with van der Waals surface area (Å²) in [4.78, 5) is 0.